The monoisotopic (exact) mass is 518 g/mol. The van der Waals surface area contributed by atoms with Gasteiger partial charge in [-0.05, 0) is 30.9 Å². The third-order valence-electron chi connectivity index (χ3n) is 5.36. The molecule has 1 fully saturated rings. The first-order valence-corrected chi connectivity index (χ1v) is 11.4. The minimum absolute atomic E-state index is 0. The van der Waals surface area contributed by atoms with E-state index in [1.165, 1.54) is 17.5 Å². The first-order valence-electron chi connectivity index (χ1n) is 10.3. The molecule has 2 aliphatic heterocycles. The quantitative estimate of drug-likeness (QED) is 0.345. The number of thioether (sulfide) groups is 1. The molecule has 0 saturated carbocycles. The van der Waals surface area contributed by atoms with Crippen molar-refractivity contribution in [3.63, 3.8) is 0 Å². The predicted octanol–water partition coefficient (Wildman–Crippen LogP) is 2.82. The minimum atomic E-state index is -0.426. The summed E-state index contributed by atoms with van der Waals surface area (Å²) in [6.45, 7) is 10.4. The van der Waals surface area contributed by atoms with E-state index in [1.807, 2.05) is 0 Å². The van der Waals surface area contributed by atoms with Gasteiger partial charge in [-0.3, -0.25) is 9.89 Å². The number of rotatable bonds is 6. The molecule has 2 heterocycles. The molecule has 1 saturated heterocycles. The summed E-state index contributed by atoms with van der Waals surface area (Å²) in [6, 6.07) is 8.64. The standard InChI is InChI=1S/C21H34N4OS.HI/c1-3-20-16-25(11-12-27-20)21(22-4-2)23-13-19(26)15-24-10-9-17-7-5-6-8-18(17)14-24;/h5-8,19-20,26H,3-4,9-16H2,1-2H3,(H,22,23);1H. The maximum atomic E-state index is 10.6. The summed E-state index contributed by atoms with van der Waals surface area (Å²) in [5, 5.41) is 14.7. The Morgan fingerprint density at radius 1 is 1.29 bits per heavy atom. The van der Waals surface area contributed by atoms with E-state index in [0.29, 0.717) is 18.3 Å². The zero-order chi connectivity index (χ0) is 19.1. The Labute approximate surface area is 191 Å². The molecule has 0 aliphatic carbocycles. The first kappa shape index (κ1) is 23.8. The Morgan fingerprint density at radius 3 is 2.82 bits per heavy atom. The van der Waals surface area contributed by atoms with Gasteiger partial charge in [-0.15, -0.1) is 24.0 Å². The number of fused-ring (bicyclic) bond motifs is 1. The molecule has 2 N–H and O–H groups in total. The zero-order valence-electron chi connectivity index (χ0n) is 17.1. The van der Waals surface area contributed by atoms with E-state index in [2.05, 4.69) is 65.0 Å². The molecule has 7 heteroatoms. The van der Waals surface area contributed by atoms with E-state index in [-0.39, 0.29) is 24.0 Å². The van der Waals surface area contributed by atoms with Gasteiger partial charge in [0.05, 0.1) is 12.6 Å². The maximum absolute atomic E-state index is 10.6. The van der Waals surface area contributed by atoms with Crippen LogP contribution in [-0.2, 0) is 13.0 Å². The fourth-order valence-corrected chi connectivity index (χ4v) is 5.02. The molecule has 2 unspecified atom stereocenters. The average Bonchev–Trinajstić information content (AvgIpc) is 2.71. The minimum Gasteiger partial charge on any atom is -0.390 e. The Hall–Kier alpha value is -0.510. The molecule has 3 rings (SSSR count). The molecule has 1 aromatic carbocycles. The highest BCUT2D eigenvalue weighted by Crippen LogP contribution is 2.21. The van der Waals surface area contributed by atoms with Gasteiger partial charge in [0.2, 0.25) is 0 Å². The molecule has 0 radical (unpaired) electrons. The largest absolute Gasteiger partial charge is 0.390 e. The van der Waals surface area contributed by atoms with Gasteiger partial charge in [0.15, 0.2) is 5.96 Å². The van der Waals surface area contributed by atoms with Gasteiger partial charge in [0, 0.05) is 50.3 Å². The van der Waals surface area contributed by atoms with Gasteiger partial charge < -0.3 is 15.3 Å². The fourth-order valence-electron chi connectivity index (χ4n) is 3.84. The van der Waals surface area contributed by atoms with Crippen LogP contribution in [0.3, 0.4) is 0 Å². The molecule has 2 atom stereocenters. The number of guanidine groups is 1. The number of β-amino-alcohol motifs (C(OH)–C–C–N with tert-alkyl or cyclic N) is 1. The van der Waals surface area contributed by atoms with Gasteiger partial charge in [-0.2, -0.15) is 11.8 Å². The highest BCUT2D eigenvalue weighted by atomic mass is 127. The van der Waals surface area contributed by atoms with Gasteiger partial charge in [0.25, 0.3) is 0 Å². The number of aliphatic hydroxyl groups is 1. The Morgan fingerprint density at radius 2 is 2.07 bits per heavy atom. The SMILES string of the molecule is CCNC(=NCC(O)CN1CCc2ccccc2C1)N1CCSC(CC)C1.I. The number of nitrogens with zero attached hydrogens (tertiary/aromatic N) is 3. The summed E-state index contributed by atoms with van der Waals surface area (Å²) < 4.78 is 0. The van der Waals surface area contributed by atoms with Crippen molar-refractivity contribution in [3.05, 3.63) is 35.4 Å². The Balaban J connectivity index is 0.00000280. The van der Waals surface area contributed by atoms with Crippen LogP contribution in [-0.4, -0.2) is 77.2 Å². The molecule has 28 heavy (non-hydrogen) atoms. The summed E-state index contributed by atoms with van der Waals surface area (Å²) in [6.07, 6.45) is 1.84. The van der Waals surface area contributed by atoms with Crippen molar-refractivity contribution in [2.24, 2.45) is 4.99 Å². The van der Waals surface area contributed by atoms with Crippen LogP contribution < -0.4 is 5.32 Å². The topological polar surface area (TPSA) is 51.1 Å². The van der Waals surface area contributed by atoms with Crippen molar-refractivity contribution >= 4 is 41.7 Å². The van der Waals surface area contributed by atoms with Crippen LogP contribution in [0.1, 0.15) is 31.4 Å². The van der Waals surface area contributed by atoms with Crippen molar-refractivity contribution in [1.29, 1.82) is 0 Å². The second kappa shape index (κ2) is 12.2. The highest BCUT2D eigenvalue weighted by Gasteiger charge is 2.22. The van der Waals surface area contributed by atoms with Gasteiger partial charge >= 0.3 is 0 Å². The smallest absolute Gasteiger partial charge is 0.194 e. The van der Waals surface area contributed by atoms with Crippen molar-refractivity contribution in [3.8, 4) is 0 Å². The second-order valence-electron chi connectivity index (χ2n) is 7.45. The van der Waals surface area contributed by atoms with Crippen LogP contribution in [0.15, 0.2) is 29.3 Å². The molecule has 5 nitrogen and oxygen atoms in total. The molecular formula is C21H35IN4OS. The number of hydrogen-bond donors (Lipinski definition) is 2. The van der Waals surface area contributed by atoms with Gasteiger partial charge in [-0.25, -0.2) is 0 Å². The van der Waals surface area contributed by atoms with Crippen LogP contribution in [0.4, 0.5) is 0 Å². The van der Waals surface area contributed by atoms with E-state index < -0.39 is 6.10 Å². The van der Waals surface area contributed by atoms with Gasteiger partial charge in [-0.1, -0.05) is 31.2 Å². The van der Waals surface area contributed by atoms with Crippen molar-refractivity contribution < 1.29 is 5.11 Å². The molecule has 0 spiro atoms. The van der Waals surface area contributed by atoms with E-state index >= 15 is 0 Å². The zero-order valence-corrected chi connectivity index (χ0v) is 20.3. The maximum Gasteiger partial charge on any atom is 0.194 e. The van der Waals surface area contributed by atoms with Crippen molar-refractivity contribution in [2.75, 3.05) is 45.0 Å². The number of benzene rings is 1. The van der Waals surface area contributed by atoms with Crippen LogP contribution >= 0.6 is 35.7 Å². The number of nitrogens with one attached hydrogen (secondary N) is 1. The van der Waals surface area contributed by atoms with Crippen LogP contribution in [0.2, 0.25) is 0 Å². The lowest BCUT2D eigenvalue weighted by molar-refractivity contribution is 0.111. The summed E-state index contributed by atoms with van der Waals surface area (Å²) in [4.78, 5) is 9.47. The average molecular weight is 519 g/mol. The number of aliphatic imine (C=N–C) groups is 1. The van der Waals surface area contributed by atoms with Crippen molar-refractivity contribution in [2.45, 2.75) is 44.6 Å². The molecular weight excluding hydrogens is 483 g/mol. The Bertz CT molecular complexity index is 630. The third kappa shape index (κ3) is 6.78. The molecule has 158 valence electrons. The molecule has 0 amide bonds. The van der Waals surface area contributed by atoms with Crippen LogP contribution in [0.25, 0.3) is 0 Å². The molecule has 1 aromatic rings. The number of hydrogen-bond acceptors (Lipinski definition) is 4. The molecule has 2 aliphatic rings. The second-order valence-corrected chi connectivity index (χ2v) is 8.86. The summed E-state index contributed by atoms with van der Waals surface area (Å²) >= 11 is 2.06. The highest BCUT2D eigenvalue weighted by molar-refractivity contribution is 14.0. The summed E-state index contributed by atoms with van der Waals surface area (Å²) in [5.74, 6) is 2.11. The van der Waals surface area contributed by atoms with Crippen molar-refractivity contribution in [1.82, 2.24) is 15.1 Å². The first-order chi connectivity index (χ1) is 13.2. The normalized spacial score (nSPS) is 21.6. The fraction of sp³-hybridized carbons (Fsp3) is 0.667. The number of aliphatic hydroxyl groups excluding tert-OH is 1. The predicted molar refractivity (Wildman–Crippen MR) is 131 cm³/mol. The van der Waals surface area contributed by atoms with Gasteiger partial charge in [0.1, 0.15) is 0 Å². The van der Waals surface area contributed by atoms with E-state index in [9.17, 15) is 5.11 Å². The summed E-state index contributed by atoms with van der Waals surface area (Å²) in [7, 11) is 0. The number of halogens is 1. The lowest BCUT2D eigenvalue weighted by Crippen LogP contribution is -2.48. The Kier molecular flexibility index (Phi) is 10.4. The van der Waals surface area contributed by atoms with E-state index in [0.717, 1.165) is 50.9 Å². The van der Waals surface area contributed by atoms with Crippen LogP contribution in [0, 0.1) is 0 Å². The van der Waals surface area contributed by atoms with E-state index in [1.54, 1.807) is 0 Å². The molecule has 0 bridgehead atoms. The third-order valence-corrected chi connectivity index (χ3v) is 6.73. The molecule has 0 aromatic heterocycles. The lowest BCUT2D eigenvalue weighted by Gasteiger charge is -2.34. The van der Waals surface area contributed by atoms with Crippen LogP contribution in [0.5, 0.6) is 0 Å². The van der Waals surface area contributed by atoms with E-state index in [4.69, 9.17) is 4.99 Å². The lowest BCUT2D eigenvalue weighted by atomic mass is 10.00. The summed E-state index contributed by atoms with van der Waals surface area (Å²) in [5.41, 5.74) is 2.84.